The first-order chi connectivity index (χ1) is 2.91. The first kappa shape index (κ1) is 38.8. The fourth-order valence-corrected chi connectivity index (χ4v) is 0.209. The van der Waals surface area contributed by atoms with Crippen molar-refractivity contribution in [3.63, 3.8) is 0 Å². The standard InChI is InChI=1S/C4H10O2.4ClH.V/c1-2-3-4-6-5;;;;;/h5H,2-4H2,1H3;4*1H;/q;;;;;+4/p-4. The minimum absolute atomic E-state index is 0. The van der Waals surface area contributed by atoms with Gasteiger partial charge in [0.25, 0.3) is 0 Å². The van der Waals surface area contributed by atoms with E-state index in [2.05, 4.69) is 4.89 Å². The second-order valence-electron chi connectivity index (χ2n) is 1.19. The van der Waals surface area contributed by atoms with Crippen LogP contribution >= 0.6 is 0 Å². The summed E-state index contributed by atoms with van der Waals surface area (Å²) in [5, 5.41) is 7.70. The van der Waals surface area contributed by atoms with E-state index in [0.717, 1.165) is 12.8 Å². The monoisotopic (exact) mass is 281 g/mol. The van der Waals surface area contributed by atoms with Crippen LogP contribution in [-0.2, 0) is 23.4 Å². The normalized spacial score (nSPS) is 4.91. The molecular weight excluding hydrogens is 273 g/mol. The van der Waals surface area contributed by atoms with Crippen LogP contribution in [0.5, 0.6) is 0 Å². The van der Waals surface area contributed by atoms with Crippen molar-refractivity contribution in [2.24, 2.45) is 0 Å². The van der Waals surface area contributed by atoms with E-state index in [-0.39, 0.29) is 68.2 Å². The van der Waals surface area contributed by atoms with Gasteiger partial charge < -0.3 is 49.6 Å². The summed E-state index contributed by atoms with van der Waals surface area (Å²) in [6, 6.07) is 0. The predicted octanol–water partition coefficient (Wildman–Crippen LogP) is -10.7. The topological polar surface area (TPSA) is 29.5 Å². The van der Waals surface area contributed by atoms with Gasteiger partial charge in [-0.1, -0.05) is 13.3 Å². The van der Waals surface area contributed by atoms with Gasteiger partial charge in [-0.2, -0.15) is 0 Å². The van der Waals surface area contributed by atoms with Crippen molar-refractivity contribution in [1.29, 1.82) is 0 Å². The van der Waals surface area contributed by atoms with E-state index in [9.17, 15) is 0 Å². The van der Waals surface area contributed by atoms with Crippen molar-refractivity contribution in [2.45, 2.75) is 19.8 Å². The molecule has 0 bridgehead atoms. The van der Waals surface area contributed by atoms with Crippen molar-refractivity contribution < 1.29 is 78.3 Å². The summed E-state index contributed by atoms with van der Waals surface area (Å²) in [6.07, 6.45) is 2.01. The molecule has 1 N–H and O–H groups in total. The maximum atomic E-state index is 7.70. The summed E-state index contributed by atoms with van der Waals surface area (Å²) in [5.41, 5.74) is 0. The average Bonchev–Trinajstić information content (AvgIpc) is 1.61. The number of hydrogen-bond donors (Lipinski definition) is 1. The predicted molar refractivity (Wildman–Crippen MR) is 23.5 cm³/mol. The third-order valence-electron chi connectivity index (χ3n) is 0.589. The van der Waals surface area contributed by atoms with Gasteiger partial charge in [0.1, 0.15) is 0 Å². The summed E-state index contributed by atoms with van der Waals surface area (Å²) >= 11 is 0. The second kappa shape index (κ2) is 41.3. The van der Waals surface area contributed by atoms with E-state index >= 15 is 0 Å². The van der Waals surface area contributed by atoms with Crippen molar-refractivity contribution in [3.05, 3.63) is 0 Å². The largest absolute Gasteiger partial charge is 4.00 e. The van der Waals surface area contributed by atoms with Crippen molar-refractivity contribution in [1.82, 2.24) is 0 Å². The van der Waals surface area contributed by atoms with Crippen LogP contribution in [0.15, 0.2) is 0 Å². The minimum Gasteiger partial charge on any atom is -1.00 e. The summed E-state index contributed by atoms with van der Waals surface area (Å²) in [6.45, 7) is 2.51. The molecule has 0 aromatic heterocycles. The Morgan fingerprint density at radius 1 is 1.09 bits per heavy atom. The third-order valence-corrected chi connectivity index (χ3v) is 0.589. The smallest absolute Gasteiger partial charge is 1.00 e. The Morgan fingerprint density at radius 2 is 1.45 bits per heavy atom. The first-order valence-electron chi connectivity index (χ1n) is 2.18. The Kier molecular flexibility index (Phi) is 146. The number of rotatable bonds is 3. The van der Waals surface area contributed by atoms with Crippen LogP contribution in [0, 0.1) is 0 Å². The van der Waals surface area contributed by atoms with E-state index in [0.29, 0.717) is 6.61 Å². The molecule has 71 valence electrons. The molecule has 0 unspecified atom stereocenters. The molecule has 0 aliphatic rings. The molecule has 11 heavy (non-hydrogen) atoms. The summed E-state index contributed by atoms with van der Waals surface area (Å²) in [7, 11) is 0. The van der Waals surface area contributed by atoms with Gasteiger partial charge in [-0.25, -0.2) is 4.89 Å². The second-order valence-corrected chi connectivity index (χ2v) is 1.19. The SMILES string of the molecule is CCCCOO.[Cl-].[Cl-].[Cl-].[Cl-].[V+4]. The summed E-state index contributed by atoms with van der Waals surface area (Å²) < 4.78 is 0. The van der Waals surface area contributed by atoms with Crippen molar-refractivity contribution >= 4 is 0 Å². The van der Waals surface area contributed by atoms with E-state index in [1.54, 1.807) is 0 Å². The van der Waals surface area contributed by atoms with E-state index in [1.165, 1.54) is 0 Å². The zero-order chi connectivity index (χ0) is 4.83. The average molecular weight is 283 g/mol. The molecule has 0 spiro atoms. The molecule has 1 radical (unpaired) electrons. The summed E-state index contributed by atoms with van der Waals surface area (Å²) in [5.74, 6) is 0. The van der Waals surface area contributed by atoms with Gasteiger partial charge in [-0.15, -0.1) is 0 Å². The van der Waals surface area contributed by atoms with Gasteiger partial charge in [-0.05, 0) is 6.42 Å². The molecule has 0 fully saturated rings. The Labute approximate surface area is 104 Å². The Balaban J connectivity index is -0.0000000125. The first-order valence-corrected chi connectivity index (χ1v) is 2.18. The zero-order valence-electron chi connectivity index (χ0n) is 5.94. The molecule has 0 aromatic carbocycles. The van der Waals surface area contributed by atoms with Crippen LogP contribution in [0.3, 0.4) is 0 Å². The summed E-state index contributed by atoms with van der Waals surface area (Å²) in [4.78, 5) is 3.78. The molecule has 0 atom stereocenters. The fraction of sp³-hybridized carbons (Fsp3) is 1.00. The third kappa shape index (κ3) is 50.1. The maximum Gasteiger partial charge on any atom is 4.00 e. The van der Waals surface area contributed by atoms with Crippen molar-refractivity contribution in [2.75, 3.05) is 6.61 Å². The Bertz CT molecular complexity index is 32.1. The molecule has 0 aromatic rings. The Morgan fingerprint density at radius 3 is 1.55 bits per heavy atom. The molecule has 0 saturated heterocycles. The van der Waals surface area contributed by atoms with Crippen molar-refractivity contribution in [3.8, 4) is 0 Å². The van der Waals surface area contributed by atoms with Gasteiger partial charge in [0.05, 0.1) is 6.61 Å². The molecule has 0 saturated carbocycles. The van der Waals surface area contributed by atoms with Crippen LogP contribution in [0.25, 0.3) is 0 Å². The van der Waals surface area contributed by atoms with E-state index in [1.807, 2.05) is 6.92 Å². The minimum atomic E-state index is 0. The van der Waals surface area contributed by atoms with E-state index < -0.39 is 0 Å². The molecule has 2 nitrogen and oxygen atoms in total. The molecule has 0 amide bonds. The van der Waals surface area contributed by atoms with Crippen LogP contribution in [0.2, 0.25) is 0 Å². The number of hydrogen-bond acceptors (Lipinski definition) is 2. The molecule has 7 heteroatoms. The van der Waals surface area contributed by atoms with Gasteiger partial charge >= 0.3 is 18.6 Å². The molecular formula is C4H10Cl4O2V. The molecule has 0 aliphatic heterocycles. The number of unbranched alkanes of at least 4 members (excludes halogenated alkanes) is 1. The quantitative estimate of drug-likeness (QED) is 0.317. The number of halogens is 4. The van der Waals surface area contributed by atoms with Crippen LogP contribution in [0.4, 0.5) is 0 Å². The van der Waals surface area contributed by atoms with Gasteiger partial charge in [-0.3, -0.25) is 5.26 Å². The van der Waals surface area contributed by atoms with Gasteiger partial charge in [0.15, 0.2) is 0 Å². The van der Waals surface area contributed by atoms with Crippen LogP contribution < -0.4 is 49.6 Å². The van der Waals surface area contributed by atoms with Gasteiger partial charge in [0, 0.05) is 0 Å². The maximum absolute atomic E-state index is 7.70. The van der Waals surface area contributed by atoms with Gasteiger partial charge in [0.2, 0.25) is 0 Å². The Hall–Kier alpha value is 1.66. The van der Waals surface area contributed by atoms with Crippen LogP contribution in [-0.4, -0.2) is 11.9 Å². The zero-order valence-corrected chi connectivity index (χ0v) is 10.4. The molecule has 0 rings (SSSR count). The van der Waals surface area contributed by atoms with Crippen LogP contribution in [0.1, 0.15) is 19.8 Å². The molecule has 0 heterocycles. The van der Waals surface area contributed by atoms with E-state index in [4.69, 9.17) is 5.26 Å². The fourth-order valence-electron chi connectivity index (χ4n) is 0.209. The molecule has 0 aliphatic carbocycles.